The number of benzene rings is 2. The summed E-state index contributed by atoms with van der Waals surface area (Å²) in [6, 6.07) is 10.1. The highest BCUT2D eigenvalue weighted by atomic mass is 16.6. The van der Waals surface area contributed by atoms with Crippen LogP contribution in [-0.2, 0) is 13.0 Å². The van der Waals surface area contributed by atoms with Gasteiger partial charge in [-0.25, -0.2) is 4.79 Å². The number of hydrogen-bond donors (Lipinski definition) is 1. The SMILES string of the molecule is CCCn1c(=O)c(N=O)c(N)n(C(Cc2ccc([N+](=O)[O-])cc2)c2ccc([N+](=O)[O-])cc2)c1=O. The van der Waals surface area contributed by atoms with Crippen LogP contribution in [0.5, 0.6) is 0 Å². The third-order valence-corrected chi connectivity index (χ3v) is 5.30. The Hall–Kier alpha value is -4.68. The molecule has 0 aliphatic carbocycles. The van der Waals surface area contributed by atoms with Crippen molar-refractivity contribution in [1.29, 1.82) is 0 Å². The largest absolute Gasteiger partial charge is 0.383 e. The van der Waals surface area contributed by atoms with E-state index in [0.29, 0.717) is 17.5 Å². The van der Waals surface area contributed by atoms with Crippen molar-refractivity contribution >= 4 is 22.9 Å². The molecule has 0 bridgehead atoms. The summed E-state index contributed by atoms with van der Waals surface area (Å²) in [5, 5.41) is 24.8. The Bertz CT molecular complexity index is 1360. The van der Waals surface area contributed by atoms with Crippen molar-refractivity contribution in [1.82, 2.24) is 9.13 Å². The van der Waals surface area contributed by atoms with Crippen molar-refractivity contribution in [2.24, 2.45) is 5.18 Å². The van der Waals surface area contributed by atoms with Crippen molar-refractivity contribution in [3.63, 3.8) is 0 Å². The fourth-order valence-electron chi connectivity index (χ4n) is 3.63. The molecule has 3 aromatic rings. The number of nitrogens with zero attached hydrogens (tertiary/aromatic N) is 5. The second kappa shape index (κ2) is 9.85. The van der Waals surface area contributed by atoms with Crippen LogP contribution in [0.4, 0.5) is 22.9 Å². The Morgan fingerprint density at radius 3 is 1.97 bits per heavy atom. The third-order valence-electron chi connectivity index (χ3n) is 5.30. The van der Waals surface area contributed by atoms with Gasteiger partial charge in [-0.1, -0.05) is 31.2 Å². The van der Waals surface area contributed by atoms with Crippen LogP contribution in [0.2, 0.25) is 0 Å². The Labute approximate surface area is 191 Å². The van der Waals surface area contributed by atoms with E-state index in [1.165, 1.54) is 48.5 Å². The van der Waals surface area contributed by atoms with Gasteiger partial charge in [-0.05, 0) is 29.1 Å². The smallest absolute Gasteiger partial charge is 0.333 e. The molecule has 1 unspecified atom stereocenters. The molecule has 0 radical (unpaired) electrons. The van der Waals surface area contributed by atoms with Crippen LogP contribution in [0.15, 0.2) is 63.3 Å². The van der Waals surface area contributed by atoms with Gasteiger partial charge < -0.3 is 5.73 Å². The summed E-state index contributed by atoms with van der Waals surface area (Å²) in [6.45, 7) is 1.76. The van der Waals surface area contributed by atoms with Gasteiger partial charge in [0.25, 0.3) is 16.9 Å². The highest BCUT2D eigenvalue weighted by molar-refractivity contribution is 5.57. The molecule has 0 spiro atoms. The lowest BCUT2D eigenvalue weighted by molar-refractivity contribution is -0.385. The first kappa shape index (κ1) is 24.0. The first-order valence-electron chi connectivity index (χ1n) is 10.1. The molecular weight excluding hydrogens is 448 g/mol. The predicted molar refractivity (Wildman–Crippen MR) is 123 cm³/mol. The van der Waals surface area contributed by atoms with Crippen LogP contribution in [0.1, 0.15) is 30.5 Å². The minimum absolute atomic E-state index is 0.0188. The van der Waals surface area contributed by atoms with Crippen molar-refractivity contribution < 1.29 is 9.85 Å². The quantitative estimate of drug-likeness (QED) is 0.282. The van der Waals surface area contributed by atoms with Crippen molar-refractivity contribution in [3.05, 3.63) is 106 Å². The number of hydrogen-bond acceptors (Lipinski definition) is 9. The molecule has 0 amide bonds. The van der Waals surface area contributed by atoms with E-state index in [0.717, 1.165) is 9.13 Å². The number of nitrogens with two attached hydrogens (primary N) is 1. The van der Waals surface area contributed by atoms with Crippen LogP contribution in [-0.4, -0.2) is 19.0 Å². The summed E-state index contributed by atoms with van der Waals surface area (Å²) in [5.74, 6) is -0.442. The molecule has 0 fully saturated rings. The van der Waals surface area contributed by atoms with Crippen LogP contribution in [0.25, 0.3) is 0 Å². The lowest BCUT2D eigenvalue weighted by Gasteiger charge is -2.24. The van der Waals surface area contributed by atoms with Crippen LogP contribution >= 0.6 is 0 Å². The van der Waals surface area contributed by atoms with E-state index in [1.54, 1.807) is 6.92 Å². The number of nitro benzene ring substituents is 2. The summed E-state index contributed by atoms with van der Waals surface area (Å²) in [6.07, 6.45) is 0.491. The van der Waals surface area contributed by atoms with Gasteiger partial charge in [0, 0.05) is 30.8 Å². The number of nitroso groups, excluding NO2 is 1. The predicted octanol–water partition coefficient (Wildman–Crippen LogP) is 3.05. The molecule has 0 aliphatic rings. The first-order valence-corrected chi connectivity index (χ1v) is 10.1. The number of nitrogen functional groups attached to an aromatic ring is 1. The van der Waals surface area contributed by atoms with Gasteiger partial charge >= 0.3 is 5.69 Å². The maximum Gasteiger partial charge on any atom is 0.333 e. The molecule has 13 heteroatoms. The molecule has 1 atom stereocenters. The zero-order valence-corrected chi connectivity index (χ0v) is 18.0. The molecule has 0 saturated carbocycles. The number of non-ortho nitro benzene ring substituents is 2. The van der Waals surface area contributed by atoms with E-state index >= 15 is 0 Å². The molecule has 1 aromatic heterocycles. The molecule has 176 valence electrons. The topological polar surface area (TPSA) is 186 Å². The fourth-order valence-corrected chi connectivity index (χ4v) is 3.63. The molecule has 13 nitrogen and oxygen atoms in total. The van der Waals surface area contributed by atoms with Crippen molar-refractivity contribution in [2.75, 3.05) is 5.73 Å². The van der Waals surface area contributed by atoms with Crippen molar-refractivity contribution in [2.45, 2.75) is 32.4 Å². The molecule has 2 N–H and O–H groups in total. The summed E-state index contributed by atoms with van der Waals surface area (Å²) in [5.41, 5.74) is 4.45. The number of rotatable bonds is 9. The Morgan fingerprint density at radius 2 is 1.50 bits per heavy atom. The van der Waals surface area contributed by atoms with Gasteiger partial charge in [-0.3, -0.25) is 34.2 Å². The third kappa shape index (κ3) is 4.57. The second-order valence-corrected chi connectivity index (χ2v) is 7.43. The van der Waals surface area contributed by atoms with Gasteiger partial charge in [0.05, 0.1) is 15.9 Å². The van der Waals surface area contributed by atoms with E-state index in [1.807, 2.05) is 0 Å². The van der Waals surface area contributed by atoms with Gasteiger partial charge in [-0.2, -0.15) is 0 Å². The van der Waals surface area contributed by atoms with E-state index < -0.39 is 38.6 Å². The number of nitro groups is 2. The van der Waals surface area contributed by atoms with Crippen LogP contribution in [0, 0.1) is 25.1 Å². The fraction of sp³-hybridized carbons (Fsp3) is 0.238. The van der Waals surface area contributed by atoms with E-state index in [4.69, 9.17) is 5.73 Å². The molecular formula is C21H20N6O7. The Kier molecular flexibility index (Phi) is 6.95. The normalized spacial score (nSPS) is 11.7. The first-order chi connectivity index (χ1) is 16.2. The lowest BCUT2D eigenvalue weighted by Crippen LogP contribution is -2.43. The highest BCUT2D eigenvalue weighted by Gasteiger charge is 2.25. The maximum atomic E-state index is 13.3. The average Bonchev–Trinajstić information content (AvgIpc) is 2.82. The Morgan fingerprint density at radius 1 is 0.971 bits per heavy atom. The number of anilines is 1. The zero-order chi connectivity index (χ0) is 25.0. The molecule has 34 heavy (non-hydrogen) atoms. The summed E-state index contributed by atoms with van der Waals surface area (Å²) >= 11 is 0. The molecule has 0 saturated heterocycles. The van der Waals surface area contributed by atoms with Gasteiger partial charge in [0.2, 0.25) is 5.69 Å². The molecule has 2 aromatic carbocycles. The minimum atomic E-state index is -0.909. The summed E-state index contributed by atoms with van der Waals surface area (Å²) in [7, 11) is 0. The zero-order valence-electron chi connectivity index (χ0n) is 18.0. The summed E-state index contributed by atoms with van der Waals surface area (Å²) in [4.78, 5) is 58.2. The van der Waals surface area contributed by atoms with Gasteiger partial charge in [0.1, 0.15) is 5.82 Å². The molecule has 3 rings (SSSR count). The minimum Gasteiger partial charge on any atom is -0.383 e. The lowest BCUT2D eigenvalue weighted by atomic mass is 9.98. The molecule has 0 aliphatic heterocycles. The van der Waals surface area contributed by atoms with E-state index in [2.05, 4.69) is 5.18 Å². The number of aromatic nitrogens is 2. The molecule has 1 heterocycles. The highest BCUT2D eigenvalue weighted by Crippen LogP contribution is 2.29. The second-order valence-electron chi connectivity index (χ2n) is 7.43. The average molecular weight is 468 g/mol. The Balaban J connectivity index is 2.25. The van der Waals surface area contributed by atoms with E-state index in [-0.39, 0.29) is 24.3 Å². The summed E-state index contributed by atoms with van der Waals surface area (Å²) < 4.78 is 1.91. The van der Waals surface area contributed by atoms with Crippen LogP contribution in [0.3, 0.4) is 0 Å². The van der Waals surface area contributed by atoms with Crippen molar-refractivity contribution in [3.8, 4) is 0 Å². The standard InChI is InChI=1S/C21H20N6O7/c1-2-11-24-20(28)18(23-30)19(22)25(21(24)29)17(14-5-9-16(10-6-14)27(33)34)12-13-3-7-15(8-4-13)26(31)32/h3-10,17H,2,11-12,22H2,1H3. The van der Waals surface area contributed by atoms with E-state index in [9.17, 15) is 34.7 Å². The van der Waals surface area contributed by atoms with Crippen LogP contribution < -0.4 is 17.0 Å². The van der Waals surface area contributed by atoms with Gasteiger partial charge in [-0.15, -0.1) is 4.91 Å². The monoisotopic (exact) mass is 468 g/mol. The van der Waals surface area contributed by atoms with Gasteiger partial charge in [0.15, 0.2) is 0 Å². The maximum absolute atomic E-state index is 13.3.